The maximum Gasteiger partial charge on any atom is 0.224 e. The van der Waals surface area contributed by atoms with Crippen LogP contribution in [-0.4, -0.2) is 26.2 Å². The summed E-state index contributed by atoms with van der Waals surface area (Å²) < 4.78 is 1.91. The van der Waals surface area contributed by atoms with Crippen molar-refractivity contribution in [2.45, 2.75) is 25.6 Å². The van der Waals surface area contributed by atoms with E-state index >= 15 is 0 Å². The highest BCUT2D eigenvalue weighted by Crippen LogP contribution is 2.45. The second kappa shape index (κ2) is 3.82. The van der Waals surface area contributed by atoms with Crippen molar-refractivity contribution >= 4 is 11.7 Å². The molecule has 0 fully saturated rings. The Morgan fingerprint density at radius 1 is 1.30 bits per heavy atom. The Bertz CT molecular complexity index is 680. The molecule has 6 nitrogen and oxygen atoms in total. The summed E-state index contributed by atoms with van der Waals surface area (Å²) in [5.41, 5.74) is 1.57. The Balaban J connectivity index is 1.92. The first-order chi connectivity index (χ1) is 9.69. The van der Waals surface area contributed by atoms with Crippen molar-refractivity contribution in [1.29, 1.82) is 0 Å². The summed E-state index contributed by atoms with van der Waals surface area (Å²) in [4.78, 5) is 9.90. The zero-order valence-corrected chi connectivity index (χ0v) is 11.3. The van der Waals surface area contributed by atoms with E-state index in [0.717, 1.165) is 5.71 Å². The first-order valence-corrected chi connectivity index (χ1v) is 6.64. The standard InChI is InChI=1S/C14H15N5O/c1-9-11-12(10-6-4-3-5-7-10)19-13(15-8-16-19)17-14(11,2)20-18-9/h3-8,11-12H,1-2H3,(H,15,16,17)/t11-,12+,14+/m0/s1. The van der Waals surface area contributed by atoms with Gasteiger partial charge >= 0.3 is 0 Å². The first-order valence-electron chi connectivity index (χ1n) is 6.64. The zero-order chi connectivity index (χ0) is 13.7. The lowest BCUT2D eigenvalue weighted by molar-refractivity contribution is -0.0234. The van der Waals surface area contributed by atoms with Gasteiger partial charge in [-0.1, -0.05) is 35.5 Å². The Hall–Kier alpha value is -2.37. The maximum atomic E-state index is 5.63. The quantitative estimate of drug-likeness (QED) is 0.860. The Labute approximate surface area is 116 Å². The molecular weight excluding hydrogens is 254 g/mol. The molecule has 0 unspecified atom stereocenters. The van der Waals surface area contributed by atoms with E-state index < -0.39 is 5.72 Å². The molecule has 2 aromatic rings. The SMILES string of the molecule is CC1=NO[C@@]2(C)Nc3ncnn3[C@H](c3ccccc3)[C@H]12. The zero-order valence-electron chi connectivity index (χ0n) is 11.3. The predicted octanol–water partition coefficient (Wildman–Crippen LogP) is 2.03. The lowest BCUT2D eigenvalue weighted by Gasteiger charge is -2.40. The molecule has 6 heteroatoms. The van der Waals surface area contributed by atoms with Gasteiger partial charge in [-0.2, -0.15) is 10.1 Å². The Morgan fingerprint density at radius 2 is 2.10 bits per heavy atom. The lowest BCUT2D eigenvalue weighted by atomic mass is 9.81. The molecule has 3 atom stereocenters. The number of benzene rings is 1. The van der Waals surface area contributed by atoms with E-state index in [-0.39, 0.29) is 12.0 Å². The van der Waals surface area contributed by atoms with Crippen molar-refractivity contribution in [2.24, 2.45) is 11.1 Å². The molecule has 0 bridgehead atoms. The molecule has 0 saturated carbocycles. The van der Waals surface area contributed by atoms with E-state index in [4.69, 9.17) is 4.84 Å². The van der Waals surface area contributed by atoms with Crippen LogP contribution in [0.2, 0.25) is 0 Å². The first kappa shape index (κ1) is 11.5. The number of rotatable bonds is 1. The van der Waals surface area contributed by atoms with Crippen LogP contribution in [-0.2, 0) is 4.84 Å². The van der Waals surface area contributed by atoms with Crippen LogP contribution in [0.15, 0.2) is 41.8 Å². The molecule has 20 heavy (non-hydrogen) atoms. The molecular formula is C14H15N5O. The summed E-state index contributed by atoms with van der Waals surface area (Å²) in [5.74, 6) is 0.793. The second-order valence-electron chi connectivity index (χ2n) is 5.42. The smallest absolute Gasteiger partial charge is 0.224 e. The van der Waals surface area contributed by atoms with Gasteiger partial charge in [0.2, 0.25) is 11.7 Å². The van der Waals surface area contributed by atoms with Gasteiger partial charge in [-0.05, 0) is 19.4 Å². The van der Waals surface area contributed by atoms with Gasteiger partial charge in [0.05, 0.1) is 17.7 Å². The number of hydrogen-bond donors (Lipinski definition) is 1. The summed E-state index contributed by atoms with van der Waals surface area (Å²) in [6.45, 7) is 4.00. The van der Waals surface area contributed by atoms with Crippen LogP contribution in [0.3, 0.4) is 0 Å². The lowest BCUT2D eigenvalue weighted by Crippen LogP contribution is -2.52. The average Bonchev–Trinajstić information content (AvgIpc) is 3.02. The van der Waals surface area contributed by atoms with Crippen LogP contribution < -0.4 is 5.32 Å². The molecule has 1 aromatic carbocycles. The molecule has 1 N–H and O–H groups in total. The molecule has 102 valence electrons. The number of nitrogens with one attached hydrogen (secondary N) is 1. The minimum absolute atomic E-state index is 0.0335. The Morgan fingerprint density at radius 3 is 2.90 bits per heavy atom. The van der Waals surface area contributed by atoms with Crippen LogP contribution in [0, 0.1) is 5.92 Å². The van der Waals surface area contributed by atoms with Crippen molar-refractivity contribution < 1.29 is 4.84 Å². The van der Waals surface area contributed by atoms with Crippen LogP contribution >= 0.6 is 0 Å². The Kier molecular flexibility index (Phi) is 2.19. The number of fused-ring (bicyclic) bond motifs is 2. The monoisotopic (exact) mass is 269 g/mol. The molecule has 2 aliphatic rings. The van der Waals surface area contributed by atoms with Gasteiger partial charge in [0.15, 0.2) is 0 Å². The highest BCUT2D eigenvalue weighted by Gasteiger charge is 2.53. The molecule has 1 aromatic heterocycles. The third-order valence-corrected chi connectivity index (χ3v) is 4.08. The van der Waals surface area contributed by atoms with Crippen molar-refractivity contribution in [2.75, 3.05) is 5.32 Å². The molecule has 4 rings (SSSR count). The average molecular weight is 269 g/mol. The summed E-state index contributed by atoms with van der Waals surface area (Å²) in [7, 11) is 0. The highest BCUT2D eigenvalue weighted by molar-refractivity contribution is 5.88. The largest absolute Gasteiger partial charge is 0.367 e. The summed E-state index contributed by atoms with van der Waals surface area (Å²) in [6, 6.07) is 10.3. The van der Waals surface area contributed by atoms with Gasteiger partial charge in [0.25, 0.3) is 0 Å². The maximum absolute atomic E-state index is 5.63. The van der Waals surface area contributed by atoms with Crippen molar-refractivity contribution in [1.82, 2.24) is 14.8 Å². The summed E-state index contributed by atoms with van der Waals surface area (Å²) in [5, 5.41) is 11.8. The van der Waals surface area contributed by atoms with Crippen molar-refractivity contribution in [3.05, 3.63) is 42.2 Å². The predicted molar refractivity (Wildman–Crippen MR) is 74.3 cm³/mol. The fourth-order valence-electron chi connectivity index (χ4n) is 3.20. The minimum atomic E-state index is -0.576. The van der Waals surface area contributed by atoms with E-state index in [0.29, 0.717) is 5.95 Å². The van der Waals surface area contributed by atoms with E-state index in [9.17, 15) is 0 Å². The van der Waals surface area contributed by atoms with E-state index in [1.165, 1.54) is 5.56 Å². The second-order valence-corrected chi connectivity index (χ2v) is 5.42. The van der Waals surface area contributed by atoms with Gasteiger partial charge in [0.1, 0.15) is 6.33 Å². The molecule has 0 amide bonds. The normalized spacial score (nSPS) is 30.8. The van der Waals surface area contributed by atoms with Gasteiger partial charge < -0.3 is 10.2 Å². The molecule has 2 aliphatic heterocycles. The highest BCUT2D eigenvalue weighted by atomic mass is 16.7. The third-order valence-electron chi connectivity index (χ3n) is 4.08. The third kappa shape index (κ3) is 1.41. The van der Waals surface area contributed by atoms with Crippen LogP contribution in [0.25, 0.3) is 0 Å². The van der Waals surface area contributed by atoms with Crippen molar-refractivity contribution in [3.63, 3.8) is 0 Å². The number of oxime groups is 1. The number of hydrogen-bond acceptors (Lipinski definition) is 5. The number of aromatic nitrogens is 3. The number of anilines is 1. The van der Waals surface area contributed by atoms with Crippen LogP contribution in [0.1, 0.15) is 25.5 Å². The van der Waals surface area contributed by atoms with Gasteiger partial charge in [-0.15, -0.1) is 0 Å². The molecule has 3 heterocycles. The van der Waals surface area contributed by atoms with E-state index in [1.807, 2.05) is 36.7 Å². The fraction of sp³-hybridized carbons (Fsp3) is 0.357. The van der Waals surface area contributed by atoms with Crippen LogP contribution in [0.5, 0.6) is 0 Å². The van der Waals surface area contributed by atoms with E-state index in [1.54, 1.807) is 6.33 Å². The van der Waals surface area contributed by atoms with Gasteiger partial charge in [0, 0.05) is 0 Å². The molecule has 0 radical (unpaired) electrons. The minimum Gasteiger partial charge on any atom is -0.367 e. The van der Waals surface area contributed by atoms with E-state index in [2.05, 4.69) is 32.7 Å². The summed E-state index contributed by atoms with van der Waals surface area (Å²) >= 11 is 0. The topological polar surface area (TPSA) is 64.3 Å². The van der Waals surface area contributed by atoms with Crippen molar-refractivity contribution in [3.8, 4) is 0 Å². The molecule has 0 aliphatic carbocycles. The molecule has 0 saturated heterocycles. The number of nitrogens with zero attached hydrogens (tertiary/aromatic N) is 4. The summed E-state index contributed by atoms with van der Waals surface area (Å²) in [6.07, 6.45) is 1.56. The molecule has 0 spiro atoms. The fourth-order valence-corrected chi connectivity index (χ4v) is 3.20. The van der Waals surface area contributed by atoms with Gasteiger partial charge in [-0.3, -0.25) is 0 Å². The van der Waals surface area contributed by atoms with Gasteiger partial charge in [-0.25, -0.2) is 4.68 Å². The van der Waals surface area contributed by atoms with Crippen LogP contribution in [0.4, 0.5) is 5.95 Å².